The van der Waals surface area contributed by atoms with Crippen LogP contribution in [0.3, 0.4) is 0 Å². The Hall–Kier alpha value is -8.01. The van der Waals surface area contributed by atoms with Crippen LogP contribution in [0.2, 0.25) is 0 Å². The first kappa shape index (κ1) is 40.7. The van der Waals surface area contributed by atoms with Gasteiger partial charge in [-0.2, -0.15) is 0 Å². The molecule has 10 aromatic rings. The smallest absolute Gasteiger partial charge is 0.164 e. The average Bonchev–Trinajstić information content (AvgIpc) is 3.69. The Morgan fingerprint density at radius 3 is 1.38 bits per heavy atom. The van der Waals surface area contributed by atoms with E-state index >= 15 is 0 Å². The number of rotatable bonds is 10. The molecular formula is C63H49N3. The van der Waals surface area contributed by atoms with Crippen LogP contribution in [-0.4, -0.2) is 15.0 Å². The molecule has 9 aromatic carbocycles. The summed E-state index contributed by atoms with van der Waals surface area (Å²) in [6.45, 7) is 6.76. The minimum absolute atomic E-state index is 0.612. The molecule has 0 bridgehead atoms. The Balaban J connectivity index is 1.17. The summed E-state index contributed by atoms with van der Waals surface area (Å²) < 4.78 is 0. The minimum Gasteiger partial charge on any atom is -0.208 e. The van der Waals surface area contributed by atoms with Gasteiger partial charge < -0.3 is 0 Å². The summed E-state index contributed by atoms with van der Waals surface area (Å²) in [5, 5.41) is 0. The van der Waals surface area contributed by atoms with Gasteiger partial charge in [-0.3, -0.25) is 0 Å². The van der Waals surface area contributed by atoms with Crippen LogP contribution in [0.5, 0.6) is 0 Å². The third-order valence-corrected chi connectivity index (χ3v) is 13.6. The number of aryl methyl sites for hydroxylation is 3. The summed E-state index contributed by atoms with van der Waals surface area (Å²) in [5.41, 5.74) is 20.9. The maximum Gasteiger partial charge on any atom is 0.164 e. The molecule has 3 nitrogen and oxygen atoms in total. The maximum atomic E-state index is 5.34. The summed E-state index contributed by atoms with van der Waals surface area (Å²) >= 11 is 0. The molecule has 3 heteroatoms. The van der Waals surface area contributed by atoms with Gasteiger partial charge >= 0.3 is 0 Å². The van der Waals surface area contributed by atoms with Crippen molar-refractivity contribution < 1.29 is 0 Å². The zero-order valence-corrected chi connectivity index (χ0v) is 37.5. The van der Waals surface area contributed by atoms with Crippen molar-refractivity contribution in [2.24, 2.45) is 0 Å². The van der Waals surface area contributed by atoms with Crippen molar-refractivity contribution in [1.82, 2.24) is 15.0 Å². The zero-order chi connectivity index (χ0) is 44.6. The molecule has 0 saturated heterocycles. The van der Waals surface area contributed by atoms with Gasteiger partial charge in [0.1, 0.15) is 0 Å². The fourth-order valence-corrected chi connectivity index (χ4v) is 10.5. The molecule has 0 saturated carbocycles. The lowest BCUT2D eigenvalue weighted by atomic mass is 9.64. The number of aromatic nitrogens is 3. The predicted molar refractivity (Wildman–Crippen MR) is 273 cm³/mol. The number of nitrogens with zero attached hydrogens (tertiary/aromatic N) is 3. The van der Waals surface area contributed by atoms with E-state index in [1.807, 2.05) is 36.4 Å². The number of benzene rings is 9. The van der Waals surface area contributed by atoms with Crippen LogP contribution in [0.15, 0.2) is 218 Å². The fourth-order valence-electron chi connectivity index (χ4n) is 10.5. The van der Waals surface area contributed by atoms with Crippen molar-refractivity contribution in [1.29, 1.82) is 0 Å². The molecule has 0 aliphatic heterocycles. The molecule has 1 aromatic heterocycles. The van der Waals surface area contributed by atoms with Gasteiger partial charge in [0.25, 0.3) is 0 Å². The first-order valence-corrected chi connectivity index (χ1v) is 23.1. The monoisotopic (exact) mass is 847 g/mol. The second kappa shape index (κ2) is 17.2. The van der Waals surface area contributed by atoms with E-state index in [9.17, 15) is 0 Å². The summed E-state index contributed by atoms with van der Waals surface area (Å²) in [6, 6.07) is 79.1. The Labute approximate surface area is 388 Å². The van der Waals surface area contributed by atoms with Crippen LogP contribution in [0.1, 0.15) is 52.8 Å². The minimum atomic E-state index is -0.612. The second-order valence-electron chi connectivity index (χ2n) is 17.2. The lowest BCUT2D eigenvalue weighted by molar-refractivity contribution is 0.741. The van der Waals surface area contributed by atoms with Crippen molar-refractivity contribution in [3.8, 4) is 78.7 Å². The van der Waals surface area contributed by atoms with E-state index in [2.05, 4.69) is 203 Å². The number of fused-ring (bicyclic) bond motifs is 3. The summed E-state index contributed by atoms with van der Waals surface area (Å²) in [7, 11) is 0. The Morgan fingerprint density at radius 1 is 0.318 bits per heavy atom. The molecule has 11 rings (SSSR count). The van der Waals surface area contributed by atoms with Crippen LogP contribution in [-0.2, 0) is 18.3 Å². The van der Waals surface area contributed by atoms with E-state index in [0.29, 0.717) is 17.5 Å². The highest BCUT2D eigenvalue weighted by Crippen LogP contribution is 2.60. The van der Waals surface area contributed by atoms with Crippen molar-refractivity contribution in [2.75, 3.05) is 0 Å². The van der Waals surface area contributed by atoms with Crippen molar-refractivity contribution >= 4 is 0 Å². The highest BCUT2D eigenvalue weighted by atomic mass is 15.0. The van der Waals surface area contributed by atoms with E-state index in [1.54, 1.807) is 0 Å². The van der Waals surface area contributed by atoms with Gasteiger partial charge in [0.2, 0.25) is 0 Å². The Bertz CT molecular complexity index is 3270. The van der Waals surface area contributed by atoms with Gasteiger partial charge in [-0.15, -0.1) is 0 Å². The topological polar surface area (TPSA) is 38.7 Å². The first-order chi connectivity index (χ1) is 32.6. The standard InChI is InChI=1S/C63H49N3/c1-4-43-22-15-17-32-54(43)63(55-33-18-16-23-44(55)5-2)56-40-39-50(45-35-37-46(38-36-45)51-30-19-21-42(3)58(51)47-24-9-6-10-25-47)41-53(56)59-52(31-20-34-57(59)63)62-65-60(48-26-11-7-12-27-48)64-61(66-62)49-28-13-8-14-29-49/h6-41H,4-5H2,1-3H3. The Morgan fingerprint density at radius 2 is 0.788 bits per heavy atom. The SMILES string of the molecule is CCc1ccccc1C1(c2ccccc2CC)c2ccc(-c3ccc(-c4cccc(C)c4-c4ccccc4)cc3)cc2-c2c(-c3nc(-c4ccccc4)nc(-c4ccccc4)n3)cccc21. The lowest BCUT2D eigenvalue weighted by Crippen LogP contribution is -2.31. The predicted octanol–water partition coefficient (Wildman–Crippen LogP) is 15.7. The van der Waals surface area contributed by atoms with Crippen molar-refractivity contribution in [3.63, 3.8) is 0 Å². The van der Waals surface area contributed by atoms with Crippen LogP contribution < -0.4 is 0 Å². The molecule has 66 heavy (non-hydrogen) atoms. The zero-order valence-electron chi connectivity index (χ0n) is 37.5. The third-order valence-electron chi connectivity index (χ3n) is 13.6. The highest BCUT2D eigenvalue weighted by molar-refractivity contribution is 5.97. The summed E-state index contributed by atoms with van der Waals surface area (Å²) in [6.07, 6.45) is 1.81. The van der Waals surface area contributed by atoms with E-state index < -0.39 is 5.41 Å². The molecule has 1 heterocycles. The molecule has 0 amide bonds. The average molecular weight is 848 g/mol. The molecule has 0 fully saturated rings. The van der Waals surface area contributed by atoms with Crippen LogP contribution >= 0.6 is 0 Å². The molecule has 0 spiro atoms. The second-order valence-corrected chi connectivity index (χ2v) is 17.2. The van der Waals surface area contributed by atoms with E-state index in [-0.39, 0.29) is 0 Å². The molecule has 0 unspecified atom stereocenters. The van der Waals surface area contributed by atoms with Crippen LogP contribution in [0.25, 0.3) is 78.7 Å². The van der Waals surface area contributed by atoms with E-state index in [4.69, 9.17) is 15.0 Å². The molecule has 1 aliphatic carbocycles. The molecule has 0 radical (unpaired) electrons. The largest absolute Gasteiger partial charge is 0.208 e. The van der Waals surface area contributed by atoms with E-state index in [1.165, 1.54) is 66.8 Å². The molecule has 1 aliphatic rings. The normalized spacial score (nSPS) is 12.4. The molecule has 316 valence electrons. The van der Waals surface area contributed by atoms with Gasteiger partial charge in [0.05, 0.1) is 5.41 Å². The van der Waals surface area contributed by atoms with Gasteiger partial charge in [-0.25, -0.2) is 15.0 Å². The quantitative estimate of drug-likeness (QED) is 0.138. The number of hydrogen-bond acceptors (Lipinski definition) is 3. The molecular weight excluding hydrogens is 799 g/mol. The lowest BCUT2D eigenvalue weighted by Gasteiger charge is -2.37. The Kier molecular flexibility index (Phi) is 10.6. The fraction of sp³-hybridized carbons (Fsp3) is 0.0952. The third kappa shape index (κ3) is 6.87. The van der Waals surface area contributed by atoms with Crippen LogP contribution in [0, 0.1) is 6.92 Å². The van der Waals surface area contributed by atoms with Gasteiger partial charge in [0.15, 0.2) is 17.5 Å². The maximum absolute atomic E-state index is 5.34. The molecule has 0 N–H and O–H groups in total. The van der Waals surface area contributed by atoms with Gasteiger partial charge in [-0.05, 0) is 109 Å². The van der Waals surface area contributed by atoms with Crippen LogP contribution in [0.4, 0.5) is 0 Å². The number of hydrogen-bond donors (Lipinski definition) is 0. The summed E-state index contributed by atoms with van der Waals surface area (Å²) in [5.74, 6) is 1.94. The van der Waals surface area contributed by atoms with Crippen molar-refractivity contribution in [3.05, 3.63) is 257 Å². The van der Waals surface area contributed by atoms with E-state index in [0.717, 1.165) is 46.2 Å². The summed E-state index contributed by atoms with van der Waals surface area (Å²) in [4.78, 5) is 15.8. The van der Waals surface area contributed by atoms with Crippen molar-refractivity contribution in [2.45, 2.75) is 39.0 Å². The molecule has 0 atom stereocenters. The highest BCUT2D eigenvalue weighted by Gasteiger charge is 2.49. The van der Waals surface area contributed by atoms with Gasteiger partial charge in [0, 0.05) is 16.7 Å². The first-order valence-electron chi connectivity index (χ1n) is 23.1. The van der Waals surface area contributed by atoms with Gasteiger partial charge in [-0.1, -0.05) is 226 Å².